The molecule has 148 valence electrons. The van der Waals surface area contributed by atoms with Crippen LogP contribution in [-0.2, 0) is 18.3 Å². The van der Waals surface area contributed by atoms with E-state index in [2.05, 4.69) is 25.1 Å². The molecule has 0 saturated carbocycles. The largest absolute Gasteiger partial charge is 0.371 e. The molecular formula is C19H19N7O3. The quantitative estimate of drug-likeness (QED) is 0.513. The Morgan fingerprint density at radius 3 is 2.90 bits per heavy atom. The average molecular weight is 393 g/mol. The van der Waals surface area contributed by atoms with Gasteiger partial charge in [0.15, 0.2) is 17.0 Å². The summed E-state index contributed by atoms with van der Waals surface area (Å²) in [5.41, 5.74) is 2.66. The first-order valence-electron chi connectivity index (χ1n) is 9.31. The monoisotopic (exact) mass is 393 g/mol. The minimum absolute atomic E-state index is 0.0232. The van der Waals surface area contributed by atoms with Crippen LogP contribution in [0.5, 0.6) is 0 Å². The van der Waals surface area contributed by atoms with E-state index in [1.807, 2.05) is 25.3 Å². The second-order valence-corrected chi connectivity index (χ2v) is 7.27. The molecular weight excluding hydrogens is 374 g/mol. The van der Waals surface area contributed by atoms with E-state index in [4.69, 9.17) is 9.26 Å². The lowest BCUT2D eigenvalue weighted by atomic mass is 10.0. The highest BCUT2D eigenvalue weighted by atomic mass is 16.5. The fourth-order valence-corrected chi connectivity index (χ4v) is 3.51. The molecule has 5 rings (SSSR count). The Kier molecular flexibility index (Phi) is 4.20. The van der Waals surface area contributed by atoms with Crippen molar-refractivity contribution in [2.24, 2.45) is 7.05 Å². The van der Waals surface area contributed by atoms with Crippen molar-refractivity contribution in [3.8, 4) is 0 Å². The van der Waals surface area contributed by atoms with Crippen LogP contribution in [-0.4, -0.2) is 40.8 Å². The van der Waals surface area contributed by atoms with Crippen molar-refractivity contribution in [2.75, 3.05) is 6.61 Å². The number of aromatic nitrogens is 7. The highest BCUT2D eigenvalue weighted by Crippen LogP contribution is 2.36. The van der Waals surface area contributed by atoms with Gasteiger partial charge in [-0.1, -0.05) is 11.2 Å². The summed E-state index contributed by atoms with van der Waals surface area (Å²) >= 11 is 0. The lowest BCUT2D eigenvalue weighted by Gasteiger charge is -2.08. The van der Waals surface area contributed by atoms with Gasteiger partial charge in [-0.15, -0.1) is 0 Å². The Morgan fingerprint density at radius 2 is 2.07 bits per heavy atom. The lowest BCUT2D eigenvalue weighted by molar-refractivity contribution is 0.107. The van der Waals surface area contributed by atoms with Gasteiger partial charge in [-0.05, 0) is 25.0 Å². The third kappa shape index (κ3) is 3.21. The number of fused-ring (bicyclic) bond motifs is 1. The second kappa shape index (κ2) is 6.89. The summed E-state index contributed by atoms with van der Waals surface area (Å²) in [6, 6.07) is 4.01. The molecule has 0 N–H and O–H groups in total. The van der Waals surface area contributed by atoms with E-state index in [-0.39, 0.29) is 24.1 Å². The van der Waals surface area contributed by atoms with Gasteiger partial charge in [0.05, 0.1) is 18.6 Å². The van der Waals surface area contributed by atoms with Crippen LogP contribution in [0.15, 0.2) is 40.3 Å². The van der Waals surface area contributed by atoms with Crippen molar-refractivity contribution in [3.63, 3.8) is 0 Å². The van der Waals surface area contributed by atoms with E-state index in [9.17, 15) is 4.79 Å². The first-order chi connectivity index (χ1) is 14.1. The first-order valence-corrected chi connectivity index (χ1v) is 9.31. The minimum Gasteiger partial charge on any atom is -0.371 e. The van der Waals surface area contributed by atoms with E-state index < -0.39 is 0 Å². The summed E-state index contributed by atoms with van der Waals surface area (Å²) in [7, 11) is 1.76. The minimum atomic E-state index is -0.204. The number of pyridine rings is 1. The predicted octanol–water partition coefficient (Wildman–Crippen LogP) is 1.51. The van der Waals surface area contributed by atoms with E-state index in [0.717, 1.165) is 17.7 Å². The van der Waals surface area contributed by atoms with Gasteiger partial charge in [0.1, 0.15) is 19.0 Å². The highest BCUT2D eigenvalue weighted by molar-refractivity contribution is 5.68. The third-order valence-corrected chi connectivity index (χ3v) is 5.12. The summed E-state index contributed by atoms with van der Waals surface area (Å²) in [5, 5.41) is 4.10. The summed E-state index contributed by atoms with van der Waals surface area (Å²) in [6.45, 7) is 2.65. The van der Waals surface area contributed by atoms with Gasteiger partial charge in [0.2, 0.25) is 5.89 Å². The van der Waals surface area contributed by atoms with Crippen molar-refractivity contribution in [1.82, 2.24) is 34.2 Å². The molecule has 1 aliphatic rings. The molecule has 10 heteroatoms. The Morgan fingerprint density at radius 1 is 1.21 bits per heavy atom. The van der Waals surface area contributed by atoms with Crippen molar-refractivity contribution in [2.45, 2.75) is 31.9 Å². The van der Waals surface area contributed by atoms with Crippen LogP contribution in [0.2, 0.25) is 0 Å². The lowest BCUT2D eigenvalue weighted by Crippen LogP contribution is -2.22. The fraction of sp³-hybridized carbons (Fsp3) is 0.368. The molecule has 5 heterocycles. The van der Waals surface area contributed by atoms with Crippen LogP contribution < -0.4 is 5.56 Å². The average Bonchev–Trinajstić information content (AvgIpc) is 3.45. The smallest absolute Gasteiger partial charge is 0.280 e. The van der Waals surface area contributed by atoms with Gasteiger partial charge >= 0.3 is 0 Å². The molecule has 29 heavy (non-hydrogen) atoms. The normalized spacial score (nSPS) is 19.2. The van der Waals surface area contributed by atoms with Crippen LogP contribution >= 0.6 is 0 Å². The molecule has 0 spiro atoms. The van der Waals surface area contributed by atoms with Gasteiger partial charge in [-0.25, -0.2) is 9.97 Å². The van der Waals surface area contributed by atoms with Gasteiger partial charge in [-0.2, -0.15) is 4.98 Å². The van der Waals surface area contributed by atoms with E-state index >= 15 is 0 Å². The molecule has 2 atom stereocenters. The van der Waals surface area contributed by atoms with Gasteiger partial charge in [0, 0.05) is 19.2 Å². The predicted molar refractivity (Wildman–Crippen MR) is 101 cm³/mol. The van der Waals surface area contributed by atoms with Crippen LogP contribution in [0.4, 0.5) is 0 Å². The zero-order valence-electron chi connectivity index (χ0n) is 16.0. The number of ether oxygens (including phenoxy) is 1. The Bertz CT molecular complexity index is 1220. The molecule has 0 aromatic carbocycles. The summed E-state index contributed by atoms with van der Waals surface area (Å²) in [4.78, 5) is 29.9. The Labute approximate surface area is 165 Å². The van der Waals surface area contributed by atoms with Gasteiger partial charge < -0.3 is 13.8 Å². The van der Waals surface area contributed by atoms with Gasteiger partial charge in [-0.3, -0.25) is 14.3 Å². The topological polar surface area (TPSA) is 114 Å². The number of aryl methyl sites for hydroxylation is 2. The van der Waals surface area contributed by atoms with Crippen molar-refractivity contribution in [1.29, 1.82) is 0 Å². The molecule has 0 bridgehead atoms. The number of imidazole rings is 1. The molecule has 0 aliphatic carbocycles. The van der Waals surface area contributed by atoms with Crippen molar-refractivity contribution >= 4 is 11.2 Å². The molecule has 4 aromatic rings. The zero-order valence-corrected chi connectivity index (χ0v) is 16.0. The first kappa shape index (κ1) is 17.7. The summed E-state index contributed by atoms with van der Waals surface area (Å²) < 4.78 is 14.3. The fourth-order valence-electron chi connectivity index (χ4n) is 3.51. The second-order valence-electron chi connectivity index (χ2n) is 7.27. The molecule has 4 aromatic heterocycles. The van der Waals surface area contributed by atoms with Crippen LogP contribution in [0.25, 0.3) is 11.2 Å². The maximum Gasteiger partial charge on any atom is 0.280 e. The zero-order chi connectivity index (χ0) is 20.0. The summed E-state index contributed by atoms with van der Waals surface area (Å²) in [6.07, 6.45) is 5.50. The van der Waals surface area contributed by atoms with Crippen LogP contribution in [0.1, 0.15) is 41.4 Å². The van der Waals surface area contributed by atoms with Crippen LogP contribution in [0, 0.1) is 6.92 Å². The van der Waals surface area contributed by atoms with E-state index in [1.54, 1.807) is 17.9 Å². The van der Waals surface area contributed by atoms with E-state index in [0.29, 0.717) is 29.5 Å². The Hall–Kier alpha value is -3.40. The number of nitrogens with zero attached hydrogens (tertiary/aromatic N) is 7. The van der Waals surface area contributed by atoms with Gasteiger partial charge in [0.25, 0.3) is 5.56 Å². The van der Waals surface area contributed by atoms with Crippen molar-refractivity contribution in [3.05, 3.63) is 64.3 Å². The number of rotatable bonds is 4. The Balaban J connectivity index is 1.32. The highest BCUT2D eigenvalue weighted by Gasteiger charge is 2.32. The molecule has 1 fully saturated rings. The number of hydrogen-bond acceptors (Lipinski definition) is 8. The molecule has 1 saturated heterocycles. The maximum absolute atomic E-state index is 12.6. The molecule has 0 amide bonds. The third-order valence-electron chi connectivity index (χ3n) is 5.12. The molecule has 10 nitrogen and oxygen atoms in total. The molecule has 0 radical (unpaired) electrons. The standard InChI is InChI=1S/C19H19N7O3/c1-11-3-4-13(20-6-11)14-5-12(8-28-14)17-23-15(29-24-17)7-26-10-22-18-16(19(26)27)25(2)9-21-18/h3-4,6,9-10,12,14H,5,7-8H2,1-2H3/t12-,14+/m0/s1. The van der Waals surface area contributed by atoms with E-state index in [1.165, 1.54) is 10.9 Å². The summed E-state index contributed by atoms with van der Waals surface area (Å²) in [5.74, 6) is 0.953. The van der Waals surface area contributed by atoms with Crippen LogP contribution in [0.3, 0.4) is 0 Å². The van der Waals surface area contributed by atoms with Crippen molar-refractivity contribution < 1.29 is 9.26 Å². The maximum atomic E-state index is 12.6. The molecule has 0 unspecified atom stereocenters. The number of hydrogen-bond donors (Lipinski definition) is 0. The SMILES string of the molecule is Cc1ccc([C@H]2C[C@H](c3noc(Cn4cnc5ncn(C)c5c4=O)n3)CO2)nc1. The molecule has 1 aliphatic heterocycles.